The van der Waals surface area contributed by atoms with E-state index in [-0.39, 0.29) is 12.6 Å². The normalized spacial score (nSPS) is 10.2. The van der Waals surface area contributed by atoms with Gasteiger partial charge in [0.1, 0.15) is 11.4 Å². The van der Waals surface area contributed by atoms with Gasteiger partial charge in [-0.05, 0) is 13.3 Å². The molecule has 0 aliphatic carbocycles. The Bertz CT molecular complexity index is 349. The fourth-order valence-electron chi connectivity index (χ4n) is 1.26. The van der Waals surface area contributed by atoms with Gasteiger partial charge in [-0.15, -0.1) is 0 Å². The number of carbonyl (C=O) groups excluding carboxylic acids is 1. The number of aliphatic hydroxyl groups excluding tert-OH is 1. The molecule has 0 saturated heterocycles. The Kier molecular flexibility index (Phi) is 4.78. The zero-order chi connectivity index (χ0) is 12.0. The molecule has 1 aromatic heterocycles. The van der Waals surface area contributed by atoms with Crippen molar-refractivity contribution in [2.24, 2.45) is 0 Å². The standard InChI is InChI=1S/C10H17N3O3/c1-3-8-9(7(2)13-16-8)12-10(15)11-5-4-6-14/h14H,3-6H2,1-2H3,(H2,11,12,15). The van der Waals surface area contributed by atoms with Crippen LogP contribution in [0.2, 0.25) is 0 Å². The first-order chi connectivity index (χ1) is 7.69. The molecular weight excluding hydrogens is 210 g/mol. The fraction of sp³-hybridized carbons (Fsp3) is 0.600. The van der Waals surface area contributed by atoms with Crippen molar-refractivity contribution >= 4 is 11.7 Å². The molecule has 0 bridgehead atoms. The van der Waals surface area contributed by atoms with Crippen molar-refractivity contribution < 1.29 is 14.4 Å². The third-order valence-electron chi connectivity index (χ3n) is 2.11. The number of aromatic nitrogens is 1. The van der Waals surface area contributed by atoms with Crippen LogP contribution < -0.4 is 10.6 Å². The Hall–Kier alpha value is -1.56. The molecule has 6 nitrogen and oxygen atoms in total. The summed E-state index contributed by atoms with van der Waals surface area (Å²) >= 11 is 0. The fourth-order valence-corrected chi connectivity index (χ4v) is 1.26. The summed E-state index contributed by atoms with van der Waals surface area (Å²) < 4.78 is 5.04. The maximum atomic E-state index is 11.4. The first-order valence-electron chi connectivity index (χ1n) is 5.29. The van der Waals surface area contributed by atoms with Gasteiger partial charge < -0.3 is 20.3 Å². The molecule has 2 amide bonds. The van der Waals surface area contributed by atoms with E-state index in [2.05, 4.69) is 15.8 Å². The Balaban J connectivity index is 2.51. The highest BCUT2D eigenvalue weighted by molar-refractivity contribution is 5.90. The second-order valence-corrected chi connectivity index (χ2v) is 3.38. The van der Waals surface area contributed by atoms with Crippen molar-refractivity contribution in [2.45, 2.75) is 26.7 Å². The average molecular weight is 227 g/mol. The third-order valence-corrected chi connectivity index (χ3v) is 2.11. The highest BCUT2D eigenvalue weighted by atomic mass is 16.5. The predicted octanol–water partition coefficient (Wildman–Crippen LogP) is 1.05. The average Bonchev–Trinajstić information content (AvgIpc) is 2.61. The summed E-state index contributed by atoms with van der Waals surface area (Å²) in [5.41, 5.74) is 1.29. The first kappa shape index (κ1) is 12.5. The second kappa shape index (κ2) is 6.12. The first-order valence-corrected chi connectivity index (χ1v) is 5.29. The van der Waals surface area contributed by atoms with Crippen molar-refractivity contribution in [1.29, 1.82) is 0 Å². The Morgan fingerprint density at radius 1 is 1.56 bits per heavy atom. The van der Waals surface area contributed by atoms with Gasteiger partial charge in [-0.25, -0.2) is 4.79 Å². The summed E-state index contributed by atoms with van der Waals surface area (Å²) in [7, 11) is 0. The number of nitrogens with one attached hydrogen (secondary N) is 2. The summed E-state index contributed by atoms with van der Waals surface area (Å²) in [5, 5.41) is 17.6. The third kappa shape index (κ3) is 3.23. The predicted molar refractivity (Wildman–Crippen MR) is 59.3 cm³/mol. The number of aryl methyl sites for hydroxylation is 2. The number of amides is 2. The number of hydrogen-bond acceptors (Lipinski definition) is 4. The molecule has 6 heteroatoms. The highest BCUT2D eigenvalue weighted by Crippen LogP contribution is 2.19. The van der Waals surface area contributed by atoms with Crippen LogP contribution >= 0.6 is 0 Å². The number of nitrogens with zero attached hydrogens (tertiary/aromatic N) is 1. The van der Waals surface area contributed by atoms with Gasteiger partial charge in [0.15, 0.2) is 5.76 Å². The lowest BCUT2D eigenvalue weighted by atomic mass is 10.2. The molecule has 90 valence electrons. The van der Waals surface area contributed by atoms with E-state index < -0.39 is 0 Å². The molecule has 0 saturated carbocycles. The van der Waals surface area contributed by atoms with Gasteiger partial charge in [0.05, 0.1) is 0 Å². The summed E-state index contributed by atoms with van der Waals surface area (Å²) in [6.07, 6.45) is 1.21. The lowest BCUT2D eigenvalue weighted by Crippen LogP contribution is -2.30. The molecular formula is C10H17N3O3. The van der Waals surface area contributed by atoms with E-state index in [4.69, 9.17) is 9.63 Å². The van der Waals surface area contributed by atoms with Crippen LogP contribution in [-0.2, 0) is 6.42 Å². The van der Waals surface area contributed by atoms with Crippen molar-refractivity contribution in [1.82, 2.24) is 10.5 Å². The monoisotopic (exact) mass is 227 g/mol. The molecule has 0 radical (unpaired) electrons. The molecule has 0 atom stereocenters. The molecule has 0 spiro atoms. The molecule has 1 aromatic rings. The van der Waals surface area contributed by atoms with Gasteiger partial charge in [-0.3, -0.25) is 0 Å². The quantitative estimate of drug-likeness (QED) is 0.656. The van der Waals surface area contributed by atoms with Gasteiger partial charge >= 0.3 is 6.03 Å². The van der Waals surface area contributed by atoms with Crippen LogP contribution in [0.4, 0.5) is 10.5 Å². The Morgan fingerprint density at radius 3 is 2.94 bits per heavy atom. The van der Waals surface area contributed by atoms with Crippen molar-refractivity contribution in [3.05, 3.63) is 11.5 Å². The molecule has 0 aromatic carbocycles. The molecule has 0 aliphatic rings. The number of carbonyl (C=O) groups is 1. The highest BCUT2D eigenvalue weighted by Gasteiger charge is 2.13. The lowest BCUT2D eigenvalue weighted by Gasteiger charge is -2.06. The van der Waals surface area contributed by atoms with Crippen LogP contribution in [-0.4, -0.2) is 29.4 Å². The maximum absolute atomic E-state index is 11.4. The minimum absolute atomic E-state index is 0.0623. The van der Waals surface area contributed by atoms with E-state index >= 15 is 0 Å². The van der Waals surface area contributed by atoms with Crippen LogP contribution in [0.25, 0.3) is 0 Å². The van der Waals surface area contributed by atoms with Gasteiger partial charge in [-0.2, -0.15) is 0 Å². The summed E-state index contributed by atoms with van der Waals surface area (Å²) in [6.45, 7) is 4.20. The zero-order valence-electron chi connectivity index (χ0n) is 9.54. The van der Waals surface area contributed by atoms with E-state index in [1.165, 1.54) is 0 Å². The molecule has 1 heterocycles. The molecule has 3 N–H and O–H groups in total. The number of hydrogen-bond donors (Lipinski definition) is 3. The molecule has 0 unspecified atom stereocenters. The van der Waals surface area contributed by atoms with Crippen LogP contribution in [0.15, 0.2) is 4.52 Å². The minimum Gasteiger partial charge on any atom is -0.396 e. The summed E-state index contributed by atoms with van der Waals surface area (Å²) in [4.78, 5) is 11.4. The number of aliphatic hydroxyl groups is 1. The molecule has 0 aliphatic heterocycles. The van der Waals surface area contributed by atoms with Crippen LogP contribution in [0.1, 0.15) is 24.8 Å². The van der Waals surface area contributed by atoms with Crippen molar-refractivity contribution in [3.8, 4) is 0 Å². The van der Waals surface area contributed by atoms with E-state index in [1.54, 1.807) is 6.92 Å². The van der Waals surface area contributed by atoms with Crippen LogP contribution in [0.5, 0.6) is 0 Å². The molecule has 0 fully saturated rings. The summed E-state index contributed by atoms with van der Waals surface area (Å²) in [5.74, 6) is 0.662. The van der Waals surface area contributed by atoms with Gasteiger partial charge in [-0.1, -0.05) is 12.1 Å². The number of urea groups is 1. The van der Waals surface area contributed by atoms with E-state index in [1.807, 2.05) is 6.92 Å². The maximum Gasteiger partial charge on any atom is 0.319 e. The molecule has 1 rings (SSSR count). The van der Waals surface area contributed by atoms with Crippen molar-refractivity contribution in [3.63, 3.8) is 0 Å². The van der Waals surface area contributed by atoms with Crippen LogP contribution in [0.3, 0.4) is 0 Å². The Morgan fingerprint density at radius 2 is 2.31 bits per heavy atom. The van der Waals surface area contributed by atoms with Gasteiger partial charge in [0, 0.05) is 19.6 Å². The minimum atomic E-state index is -0.311. The van der Waals surface area contributed by atoms with Crippen LogP contribution in [0, 0.1) is 6.92 Å². The van der Waals surface area contributed by atoms with E-state index in [9.17, 15) is 4.79 Å². The van der Waals surface area contributed by atoms with Gasteiger partial charge in [0.2, 0.25) is 0 Å². The zero-order valence-corrected chi connectivity index (χ0v) is 9.54. The smallest absolute Gasteiger partial charge is 0.319 e. The SMILES string of the molecule is CCc1onc(C)c1NC(=O)NCCCO. The lowest BCUT2D eigenvalue weighted by molar-refractivity contribution is 0.248. The van der Waals surface area contributed by atoms with Gasteiger partial charge in [0.25, 0.3) is 0 Å². The largest absolute Gasteiger partial charge is 0.396 e. The van der Waals surface area contributed by atoms with E-state index in [0.29, 0.717) is 36.5 Å². The Labute approximate surface area is 94.0 Å². The summed E-state index contributed by atoms with van der Waals surface area (Å²) in [6, 6.07) is -0.311. The van der Waals surface area contributed by atoms with E-state index in [0.717, 1.165) is 0 Å². The topological polar surface area (TPSA) is 87.4 Å². The molecule has 16 heavy (non-hydrogen) atoms. The van der Waals surface area contributed by atoms with Crippen molar-refractivity contribution in [2.75, 3.05) is 18.5 Å². The number of rotatable bonds is 5. The second-order valence-electron chi connectivity index (χ2n) is 3.38. The number of anilines is 1.